The summed E-state index contributed by atoms with van der Waals surface area (Å²) in [5.41, 5.74) is 1.04. The molecule has 7 heteroatoms. The first-order chi connectivity index (χ1) is 9.06. The summed E-state index contributed by atoms with van der Waals surface area (Å²) in [4.78, 5) is 19.7. The zero-order valence-corrected chi connectivity index (χ0v) is 13.0. The highest BCUT2D eigenvalue weighted by Crippen LogP contribution is 2.18. The molecule has 1 N–H and O–H groups in total. The molecule has 2 heterocycles. The van der Waals surface area contributed by atoms with Gasteiger partial charge in [-0.05, 0) is 18.6 Å². The summed E-state index contributed by atoms with van der Waals surface area (Å²) >= 11 is 6.86. The molecule has 0 aliphatic heterocycles. The monoisotopic (exact) mass is 298 g/mol. The molecule has 0 atom stereocenters. The highest BCUT2D eigenvalue weighted by Gasteiger charge is 2.11. The fourth-order valence-corrected chi connectivity index (χ4v) is 2.93. The molecule has 2 aromatic rings. The Morgan fingerprint density at radius 2 is 2.05 bits per heavy atom. The van der Waals surface area contributed by atoms with Gasteiger partial charge >= 0.3 is 0 Å². The van der Waals surface area contributed by atoms with Crippen LogP contribution in [0.1, 0.15) is 26.2 Å². The van der Waals surface area contributed by atoms with Crippen LogP contribution in [0.25, 0.3) is 11.2 Å². The van der Waals surface area contributed by atoms with Crippen molar-refractivity contribution < 1.29 is 0 Å². The van der Waals surface area contributed by atoms with Crippen molar-refractivity contribution in [1.82, 2.24) is 19.1 Å². The molecule has 0 aromatic carbocycles. The van der Waals surface area contributed by atoms with Gasteiger partial charge in [0, 0.05) is 19.8 Å². The molecule has 0 bridgehead atoms. The van der Waals surface area contributed by atoms with Crippen LogP contribution in [0.4, 0.5) is 0 Å². The Bertz CT molecular complexity index is 698. The molecule has 0 amide bonds. The van der Waals surface area contributed by atoms with Crippen molar-refractivity contribution in [3.63, 3.8) is 0 Å². The van der Waals surface area contributed by atoms with Gasteiger partial charge in [0.15, 0.2) is 21.1 Å². The molecule has 0 fully saturated rings. The van der Waals surface area contributed by atoms with E-state index in [0.29, 0.717) is 15.9 Å². The van der Waals surface area contributed by atoms with Crippen LogP contribution in [-0.4, -0.2) is 24.9 Å². The lowest BCUT2D eigenvalue weighted by atomic mass is 10.3. The first-order valence-electron chi connectivity index (χ1n) is 6.34. The number of imidazole rings is 1. The Morgan fingerprint density at radius 1 is 1.32 bits per heavy atom. The van der Waals surface area contributed by atoms with E-state index in [1.807, 2.05) is 7.05 Å². The maximum absolute atomic E-state index is 12.1. The number of unbranched alkanes of at least 4 members (excludes halogenated alkanes) is 2. The van der Waals surface area contributed by atoms with Gasteiger partial charge in [0.25, 0.3) is 5.56 Å². The maximum Gasteiger partial charge on any atom is 0.280 e. The summed E-state index contributed by atoms with van der Waals surface area (Å²) in [6.07, 6.45) is 3.59. The molecule has 0 saturated carbocycles. The van der Waals surface area contributed by atoms with Crippen molar-refractivity contribution >= 4 is 35.1 Å². The first-order valence-corrected chi connectivity index (χ1v) is 7.74. The quantitative estimate of drug-likeness (QED) is 0.524. The number of aromatic nitrogens is 4. The van der Waals surface area contributed by atoms with Crippen molar-refractivity contribution in [2.75, 3.05) is 5.75 Å². The number of nitrogens with zero attached hydrogens (tertiary/aromatic N) is 3. The minimum atomic E-state index is -0.119. The van der Waals surface area contributed by atoms with Crippen molar-refractivity contribution in [1.29, 1.82) is 0 Å². The van der Waals surface area contributed by atoms with Gasteiger partial charge in [-0.15, -0.1) is 0 Å². The fourth-order valence-electron chi connectivity index (χ4n) is 1.89. The first kappa shape index (κ1) is 14.3. The van der Waals surface area contributed by atoms with E-state index in [2.05, 4.69) is 16.9 Å². The predicted octanol–water partition coefficient (Wildman–Crippen LogP) is 2.61. The summed E-state index contributed by atoms with van der Waals surface area (Å²) in [5, 5.41) is 0.791. The fraction of sp³-hybridized carbons (Fsp3) is 0.583. The van der Waals surface area contributed by atoms with Gasteiger partial charge in [-0.3, -0.25) is 9.36 Å². The van der Waals surface area contributed by atoms with E-state index in [1.54, 1.807) is 23.4 Å². The number of nitrogens with one attached hydrogen (secondary N) is 1. The van der Waals surface area contributed by atoms with Crippen LogP contribution in [0, 0.1) is 4.77 Å². The van der Waals surface area contributed by atoms with Crippen LogP contribution in [0.15, 0.2) is 9.95 Å². The minimum Gasteiger partial charge on any atom is -0.327 e. The van der Waals surface area contributed by atoms with Crippen molar-refractivity contribution in [2.45, 2.75) is 31.3 Å². The van der Waals surface area contributed by atoms with Gasteiger partial charge in [-0.1, -0.05) is 31.5 Å². The van der Waals surface area contributed by atoms with E-state index >= 15 is 0 Å². The third-order valence-corrected chi connectivity index (χ3v) is 4.57. The van der Waals surface area contributed by atoms with Crippen LogP contribution in [0.5, 0.6) is 0 Å². The van der Waals surface area contributed by atoms with Gasteiger partial charge in [-0.2, -0.15) is 0 Å². The number of H-pyrrole nitrogens is 1. The van der Waals surface area contributed by atoms with Crippen molar-refractivity contribution in [2.24, 2.45) is 14.1 Å². The van der Waals surface area contributed by atoms with E-state index in [0.717, 1.165) is 17.3 Å². The molecule has 0 unspecified atom stereocenters. The molecular formula is C12H18N4OS2. The number of aryl methyl sites for hydroxylation is 1. The maximum atomic E-state index is 12.1. The SMILES string of the molecule is CCCCCSc1nc2c([nH]1)c(=O)n(C)c(=S)n2C. The van der Waals surface area contributed by atoms with Gasteiger partial charge in [0.1, 0.15) is 0 Å². The van der Waals surface area contributed by atoms with E-state index < -0.39 is 0 Å². The zero-order chi connectivity index (χ0) is 14.0. The van der Waals surface area contributed by atoms with E-state index in [4.69, 9.17) is 12.2 Å². The molecule has 0 aliphatic carbocycles. The third kappa shape index (κ3) is 2.76. The summed E-state index contributed by atoms with van der Waals surface area (Å²) in [5.74, 6) is 1.01. The number of fused-ring (bicyclic) bond motifs is 1. The lowest BCUT2D eigenvalue weighted by Crippen LogP contribution is -2.21. The Morgan fingerprint density at radius 3 is 2.74 bits per heavy atom. The number of rotatable bonds is 5. The normalized spacial score (nSPS) is 11.3. The Balaban J connectivity index is 2.36. The average molecular weight is 298 g/mol. The molecule has 2 rings (SSSR count). The second-order valence-corrected chi connectivity index (χ2v) is 5.95. The Hall–Kier alpha value is -1.08. The van der Waals surface area contributed by atoms with Crippen LogP contribution >= 0.6 is 24.0 Å². The second-order valence-electron chi connectivity index (χ2n) is 4.50. The summed E-state index contributed by atoms with van der Waals surface area (Å²) in [7, 11) is 3.51. The predicted molar refractivity (Wildman–Crippen MR) is 81.4 cm³/mol. The molecule has 0 saturated heterocycles. The Labute approximate surface area is 121 Å². The lowest BCUT2D eigenvalue weighted by Gasteiger charge is -2.03. The van der Waals surface area contributed by atoms with Crippen LogP contribution < -0.4 is 5.56 Å². The van der Waals surface area contributed by atoms with E-state index in [1.165, 1.54) is 17.4 Å². The minimum absolute atomic E-state index is 0.119. The molecule has 0 radical (unpaired) electrons. The standard InChI is InChI=1S/C12H18N4OS2/c1-4-5-6-7-19-11-13-8-9(14-11)15(2)12(18)16(3)10(8)17/h4-7H2,1-3H3,(H,13,14). The van der Waals surface area contributed by atoms with Crippen molar-refractivity contribution in [3.05, 3.63) is 15.1 Å². The summed E-state index contributed by atoms with van der Waals surface area (Å²) in [6, 6.07) is 0. The molecule has 104 valence electrons. The Kier molecular flexibility index (Phi) is 4.46. The molecule has 2 aromatic heterocycles. The highest BCUT2D eigenvalue weighted by molar-refractivity contribution is 7.99. The smallest absolute Gasteiger partial charge is 0.280 e. The molecule has 19 heavy (non-hydrogen) atoms. The number of hydrogen-bond acceptors (Lipinski definition) is 4. The summed E-state index contributed by atoms with van der Waals surface area (Å²) in [6.45, 7) is 2.18. The third-order valence-electron chi connectivity index (χ3n) is 3.06. The molecule has 5 nitrogen and oxygen atoms in total. The lowest BCUT2D eigenvalue weighted by molar-refractivity contribution is 0.741. The number of aromatic amines is 1. The molecule has 0 spiro atoms. The van der Waals surface area contributed by atoms with Crippen LogP contribution in [-0.2, 0) is 14.1 Å². The molecular weight excluding hydrogens is 280 g/mol. The zero-order valence-electron chi connectivity index (χ0n) is 11.4. The van der Waals surface area contributed by atoms with Crippen LogP contribution in [0.2, 0.25) is 0 Å². The van der Waals surface area contributed by atoms with Gasteiger partial charge < -0.3 is 9.55 Å². The number of hydrogen-bond donors (Lipinski definition) is 1. The number of thioether (sulfide) groups is 1. The average Bonchev–Trinajstić information content (AvgIpc) is 2.83. The largest absolute Gasteiger partial charge is 0.327 e. The summed E-state index contributed by atoms with van der Waals surface area (Å²) < 4.78 is 3.70. The second kappa shape index (κ2) is 5.92. The van der Waals surface area contributed by atoms with Crippen molar-refractivity contribution in [3.8, 4) is 0 Å². The molecule has 0 aliphatic rings. The van der Waals surface area contributed by atoms with Gasteiger partial charge in [0.2, 0.25) is 0 Å². The van der Waals surface area contributed by atoms with Gasteiger partial charge in [-0.25, -0.2) is 4.98 Å². The van der Waals surface area contributed by atoms with E-state index in [9.17, 15) is 4.79 Å². The van der Waals surface area contributed by atoms with Gasteiger partial charge in [0.05, 0.1) is 0 Å². The van der Waals surface area contributed by atoms with E-state index in [-0.39, 0.29) is 5.56 Å². The van der Waals surface area contributed by atoms with Crippen LogP contribution in [0.3, 0.4) is 0 Å². The topological polar surface area (TPSA) is 55.6 Å². The highest BCUT2D eigenvalue weighted by atomic mass is 32.2.